The average Bonchev–Trinajstić information content (AvgIpc) is 3.19. The summed E-state index contributed by atoms with van der Waals surface area (Å²) < 4.78 is 35.2. The molecule has 164 valence electrons. The highest BCUT2D eigenvalue weighted by atomic mass is 79.9. The van der Waals surface area contributed by atoms with Crippen molar-refractivity contribution >= 4 is 76.2 Å². The van der Waals surface area contributed by atoms with Crippen molar-refractivity contribution in [2.45, 2.75) is 4.90 Å². The number of hydrogen-bond acceptors (Lipinski definition) is 6. The van der Waals surface area contributed by atoms with Gasteiger partial charge in [0.25, 0.3) is 15.2 Å². The lowest BCUT2D eigenvalue weighted by Gasteiger charge is -2.10. The van der Waals surface area contributed by atoms with Gasteiger partial charge in [0.05, 0.1) is 25.8 Å². The van der Waals surface area contributed by atoms with Crippen LogP contribution >= 0.6 is 54.8 Å². The van der Waals surface area contributed by atoms with Crippen molar-refractivity contribution in [3.63, 3.8) is 0 Å². The van der Waals surface area contributed by atoms with Crippen molar-refractivity contribution < 1.29 is 13.2 Å². The number of anilines is 2. The van der Waals surface area contributed by atoms with Gasteiger partial charge in [0.1, 0.15) is 5.75 Å². The first-order valence-electron chi connectivity index (χ1n) is 8.98. The highest BCUT2D eigenvalue weighted by Crippen LogP contribution is 2.37. The molecule has 0 aliphatic carbocycles. The fourth-order valence-corrected chi connectivity index (χ4v) is 5.40. The van der Waals surface area contributed by atoms with Gasteiger partial charge in [0.2, 0.25) is 0 Å². The van der Waals surface area contributed by atoms with Crippen LogP contribution in [0.4, 0.5) is 11.4 Å². The maximum absolute atomic E-state index is 12.6. The quantitative estimate of drug-likeness (QED) is 0.225. The van der Waals surface area contributed by atoms with Crippen LogP contribution in [0.15, 0.2) is 79.9 Å². The number of aromatic nitrogens is 1. The van der Waals surface area contributed by atoms with E-state index in [4.69, 9.17) is 22.1 Å². The number of benzene rings is 3. The molecular formula is C21H14Br2ClN3O3S2. The monoisotopic (exact) mass is 613 g/mol. The summed E-state index contributed by atoms with van der Waals surface area (Å²) in [5.41, 5.74) is 7.71. The van der Waals surface area contributed by atoms with Crippen molar-refractivity contribution in [1.82, 2.24) is 4.98 Å². The fraction of sp³-hybridized carbons (Fsp3) is 0. The smallest absolute Gasteiger partial charge is 0.279 e. The van der Waals surface area contributed by atoms with Gasteiger partial charge in [0.15, 0.2) is 0 Å². The van der Waals surface area contributed by atoms with E-state index in [1.54, 1.807) is 12.1 Å². The second-order valence-corrected chi connectivity index (χ2v) is 11.2. The van der Waals surface area contributed by atoms with E-state index in [-0.39, 0.29) is 4.90 Å². The Bertz CT molecular complexity index is 1390. The van der Waals surface area contributed by atoms with Gasteiger partial charge in [0, 0.05) is 21.1 Å². The lowest BCUT2D eigenvalue weighted by Crippen LogP contribution is -2.12. The molecular weight excluding hydrogens is 602 g/mol. The minimum absolute atomic E-state index is 0.104. The van der Waals surface area contributed by atoms with Gasteiger partial charge in [-0.1, -0.05) is 38.9 Å². The predicted molar refractivity (Wildman–Crippen MR) is 136 cm³/mol. The second kappa shape index (κ2) is 9.40. The largest absolute Gasteiger partial charge is 0.430 e. The number of nitrogens with zero attached hydrogens (tertiary/aromatic N) is 1. The number of thiazole rings is 1. The minimum Gasteiger partial charge on any atom is -0.430 e. The number of halogens is 3. The molecule has 0 amide bonds. The van der Waals surface area contributed by atoms with Crippen LogP contribution in [0.25, 0.3) is 11.3 Å². The van der Waals surface area contributed by atoms with Crippen molar-refractivity contribution in [1.29, 1.82) is 0 Å². The van der Waals surface area contributed by atoms with E-state index in [9.17, 15) is 8.42 Å². The van der Waals surface area contributed by atoms with Crippen LogP contribution < -0.4 is 15.2 Å². The van der Waals surface area contributed by atoms with E-state index in [0.717, 1.165) is 8.95 Å². The van der Waals surface area contributed by atoms with Gasteiger partial charge >= 0.3 is 0 Å². The number of nitrogens with one attached hydrogen (secondary N) is 1. The third-order valence-electron chi connectivity index (χ3n) is 4.26. The topological polar surface area (TPSA) is 94.3 Å². The molecule has 0 saturated heterocycles. The first kappa shape index (κ1) is 23.1. The van der Waals surface area contributed by atoms with Crippen LogP contribution in [0.1, 0.15) is 0 Å². The van der Waals surface area contributed by atoms with E-state index >= 15 is 0 Å². The molecule has 1 heterocycles. The highest BCUT2D eigenvalue weighted by Gasteiger charge is 2.16. The SMILES string of the molecule is Nc1ccc(S(=O)(=O)Nc2ccc(-c3csc(Oc4cc(Br)ccc4Br)n3)c(Cl)c2)cc1. The van der Waals surface area contributed by atoms with Gasteiger partial charge in [-0.25, -0.2) is 13.4 Å². The third-order valence-corrected chi connectivity index (χ3v) is 7.84. The lowest BCUT2D eigenvalue weighted by molar-refractivity contribution is 0.476. The highest BCUT2D eigenvalue weighted by molar-refractivity contribution is 9.11. The maximum atomic E-state index is 12.6. The zero-order valence-corrected chi connectivity index (χ0v) is 21.6. The van der Waals surface area contributed by atoms with Gasteiger partial charge in [-0.3, -0.25) is 4.72 Å². The molecule has 1 aromatic heterocycles. The van der Waals surface area contributed by atoms with Gasteiger partial charge < -0.3 is 10.5 Å². The summed E-state index contributed by atoms with van der Waals surface area (Å²) in [7, 11) is -3.77. The number of rotatable bonds is 6. The Morgan fingerprint density at radius 1 is 1.03 bits per heavy atom. The van der Waals surface area contributed by atoms with Gasteiger partial charge in [-0.05, 0) is 76.6 Å². The Kier molecular flexibility index (Phi) is 6.78. The van der Waals surface area contributed by atoms with Gasteiger partial charge in [-0.15, -0.1) is 0 Å². The summed E-state index contributed by atoms with van der Waals surface area (Å²) >= 11 is 14.6. The summed E-state index contributed by atoms with van der Waals surface area (Å²) in [6.45, 7) is 0. The molecule has 0 spiro atoms. The van der Waals surface area contributed by atoms with Crippen LogP contribution in [-0.4, -0.2) is 13.4 Å². The van der Waals surface area contributed by atoms with E-state index in [1.807, 2.05) is 23.6 Å². The first-order valence-corrected chi connectivity index (χ1v) is 13.3. The number of sulfonamides is 1. The molecule has 0 radical (unpaired) electrons. The molecule has 4 rings (SSSR count). The fourth-order valence-electron chi connectivity index (χ4n) is 2.72. The Balaban J connectivity index is 1.54. The Morgan fingerprint density at radius 2 is 1.78 bits per heavy atom. The summed E-state index contributed by atoms with van der Waals surface area (Å²) in [6, 6.07) is 16.4. The molecule has 0 aliphatic rings. The Labute approximate surface area is 210 Å². The summed E-state index contributed by atoms with van der Waals surface area (Å²) in [5.74, 6) is 0.624. The number of nitrogens with two attached hydrogens (primary N) is 1. The molecule has 0 aliphatic heterocycles. The van der Waals surface area contributed by atoms with E-state index in [2.05, 4.69) is 41.6 Å². The Hall–Kier alpha value is -2.11. The molecule has 4 aromatic rings. The first-order chi connectivity index (χ1) is 15.2. The van der Waals surface area contributed by atoms with Crippen molar-refractivity contribution in [2.24, 2.45) is 0 Å². The van der Waals surface area contributed by atoms with E-state index < -0.39 is 10.0 Å². The predicted octanol–water partition coefficient (Wildman–Crippen LogP) is 7.16. The van der Waals surface area contributed by atoms with E-state index in [1.165, 1.54) is 41.7 Å². The molecule has 11 heteroatoms. The van der Waals surface area contributed by atoms with Crippen molar-refractivity contribution in [3.8, 4) is 22.2 Å². The standard InChI is InChI=1S/C21H14Br2ClN3O3S2/c22-12-1-8-17(23)20(9-12)30-21-26-19(11-31-21)16-7-4-14(10-18(16)24)27-32(28,29)15-5-2-13(25)3-6-15/h1-11,27H,25H2. The zero-order chi connectivity index (χ0) is 22.9. The normalized spacial score (nSPS) is 11.3. The zero-order valence-electron chi connectivity index (χ0n) is 16.1. The molecule has 0 saturated carbocycles. The summed E-state index contributed by atoms with van der Waals surface area (Å²) in [4.78, 5) is 4.60. The molecule has 0 atom stereocenters. The molecule has 3 aromatic carbocycles. The molecule has 32 heavy (non-hydrogen) atoms. The summed E-state index contributed by atoms with van der Waals surface area (Å²) in [6.07, 6.45) is 0. The van der Waals surface area contributed by atoms with Crippen LogP contribution in [-0.2, 0) is 10.0 Å². The lowest BCUT2D eigenvalue weighted by atomic mass is 10.1. The minimum atomic E-state index is -3.77. The van der Waals surface area contributed by atoms with Crippen LogP contribution in [0.3, 0.4) is 0 Å². The number of nitrogen functional groups attached to an aromatic ring is 1. The van der Waals surface area contributed by atoms with Crippen LogP contribution in [0.5, 0.6) is 10.9 Å². The molecule has 0 bridgehead atoms. The second-order valence-electron chi connectivity index (χ2n) is 6.54. The summed E-state index contributed by atoms with van der Waals surface area (Å²) in [5, 5.41) is 2.62. The van der Waals surface area contributed by atoms with Crippen LogP contribution in [0, 0.1) is 0 Å². The molecule has 0 unspecified atom stereocenters. The van der Waals surface area contributed by atoms with E-state index in [0.29, 0.717) is 38.6 Å². The maximum Gasteiger partial charge on any atom is 0.279 e. The van der Waals surface area contributed by atoms with Crippen molar-refractivity contribution in [2.75, 3.05) is 10.5 Å². The third kappa shape index (κ3) is 5.26. The van der Waals surface area contributed by atoms with Crippen molar-refractivity contribution in [3.05, 3.63) is 80.0 Å². The Morgan fingerprint density at radius 3 is 2.50 bits per heavy atom. The van der Waals surface area contributed by atoms with Gasteiger partial charge in [-0.2, -0.15) is 0 Å². The average molecular weight is 616 g/mol. The molecule has 0 fully saturated rings. The number of ether oxygens (including phenoxy) is 1. The molecule has 3 N–H and O–H groups in total. The van der Waals surface area contributed by atoms with Crippen LogP contribution in [0.2, 0.25) is 5.02 Å². The molecule has 6 nitrogen and oxygen atoms in total. The number of hydrogen-bond donors (Lipinski definition) is 2.